The molecule has 1 aliphatic rings. The smallest absolute Gasteiger partial charge is 0.0461 e. The van der Waals surface area contributed by atoms with Crippen molar-refractivity contribution in [3.8, 4) is 0 Å². The highest BCUT2D eigenvalue weighted by Gasteiger charge is 2.44. The zero-order valence-electron chi connectivity index (χ0n) is 12.1. The summed E-state index contributed by atoms with van der Waals surface area (Å²) in [6, 6.07) is 8.98. The van der Waals surface area contributed by atoms with E-state index < -0.39 is 0 Å². The molecule has 1 nitrogen and oxygen atoms in total. The van der Waals surface area contributed by atoms with E-state index in [9.17, 15) is 0 Å². The third-order valence-corrected chi connectivity index (χ3v) is 4.81. The first-order valence-electron chi connectivity index (χ1n) is 7.38. The van der Waals surface area contributed by atoms with Crippen LogP contribution in [-0.2, 0) is 12.0 Å². The van der Waals surface area contributed by atoms with E-state index in [0.717, 1.165) is 12.8 Å². The average Bonchev–Trinajstić information content (AvgIpc) is 2.34. The Hall–Kier alpha value is -0.820. The van der Waals surface area contributed by atoms with Crippen molar-refractivity contribution < 1.29 is 0 Å². The lowest BCUT2D eigenvalue weighted by atomic mass is 9.61. The topological polar surface area (TPSA) is 26.0 Å². The molecular formula is C17H27N. The lowest BCUT2D eigenvalue weighted by molar-refractivity contribution is 0.0978. The van der Waals surface area contributed by atoms with Crippen molar-refractivity contribution in [3.63, 3.8) is 0 Å². The molecule has 0 radical (unpaired) electrons. The Balaban J connectivity index is 2.36. The first kappa shape index (κ1) is 13.6. The lowest BCUT2D eigenvalue weighted by Crippen LogP contribution is -2.51. The minimum atomic E-state index is -0.144. The molecule has 18 heavy (non-hydrogen) atoms. The van der Waals surface area contributed by atoms with Crippen LogP contribution in [0.15, 0.2) is 24.3 Å². The van der Waals surface area contributed by atoms with Gasteiger partial charge in [-0.05, 0) is 35.8 Å². The van der Waals surface area contributed by atoms with Crippen molar-refractivity contribution in [2.24, 2.45) is 11.1 Å². The van der Waals surface area contributed by atoms with Gasteiger partial charge in [-0.1, -0.05) is 64.3 Å². The molecule has 1 fully saturated rings. The molecule has 1 heteroatoms. The largest absolute Gasteiger partial charge is 0.321 e. The maximum atomic E-state index is 6.82. The minimum absolute atomic E-state index is 0.144. The fraction of sp³-hybridized carbons (Fsp3) is 0.647. The van der Waals surface area contributed by atoms with Gasteiger partial charge in [0, 0.05) is 5.54 Å². The van der Waals surface area contributed by atoms with Gasteiger partial charge in [0.15, 0.2) is 0 Å². The second-order valence-corrected chi connectivity index (χ2v) is 6.51. The van der Waals surface area contributed by atoms with Crippen molar-refractivity contribution >= 4 is 0 Å². The maximum Gasteiger partial charge on any atom is 0.0461 e. The Morgan fingerprint density at radius 2 is 1.89 bits per heavy atom. The van der Waals surface area contributed by atoms with Gasteiger partial charge in [0.1, 0.15) is 0 Å². The molecule has 100 valence electrons. The van der Waals surface area contributed by atoms with E-state index in [1.165, 1.54) is 36.8 Å². The van der Waals surface area contributed by atoms with Gasteiger partial charge < -0.3 is 5.73 Å². The van der Waals surface area contributed by atoms with Crippen LogP contribution in [-0.4, -0.2) is 0 Å². The minimum Gasteiger partial charge on any atom is -0.321 e. The van der Waals surface area contributed by atoms with Crippen LogP contribution in [0, 0.1) is 5.41 Å². The standard InChI is InChI=1S/C17H27N/c1-4-8-14-9-7-10-15(13-14)17(18)12-6-5-11-16(17,2)3/h7,9-10,13H,4-6,8,11-12,18H2,1-3H3. The zero-order chi connectivity index (χ0) is 13.2. The molecule has 1 unspecified atom stereocenters. The van der Waals surface area contributed by atoms with E-state index in [1.54, 1.807) is 0 Å². The van der Waals surface area contributed by atoms with E-state index in [0.29, 0.717) is 0 Å². The predicted molar refractivity (Wildman–Crippen MR) is 78.6 cm³/mol. The van der Waals surface area contributed by atoms with Crippen LogP contribution < -0.4 is 5.73 Å². The number of hydrogen-bond donors (Lipinski definition) is 1. The van der Waals surface area contributed by atoms with Gasteiger partial charge in [-0.25, -0.2) is 0 Å². The second-order valence-electron chi connectivity index (χ2n) is 6.51. The summed E-state index contributed by atoms with van der Waals surface area (Å²) < 4.78 is 0. The molecule has 0 spiro atoms. The molecule has 0 amide bonds. The summed E-state index contributed by atoms with van der Waals surface area (Å²) in [5, 5.41) is 0. The summed E-state index contributed by atoms with van der Waals surface area (Å²) in [7, 11) is 0. The molecule has 0 heterocycles. The molecule has 0 aliphatic heterocycles. The molecule has 2 N–H and O–H groups in total. The summed E-state index contributed by atoms with van der Waals surface area (Å²) in [4.78, 5) is 0. The van der Waals surface area contributed by atoms with Gasteiger partial charge in [0.2, 0.25) is 0 Å². The number of rotatable bonds is 3. The summed E-state index contributed by atoms with van der Waals surface area (Å²) in [5.74, 6) is 0. The molecule has 1 aromatic carbocycles. The molecule has 1 aliphatic carbocycles. The Labute approximate surface area is 112 Å². The predicted octanol–water partition coefficient (Wildman–Crippen LogP) is 4.39. The fourth-order valence-corrected chi connectivity index (χ4v) is 3.36. The first-order chi connectivity index (χ1) is 8.49. The number of aryl methyl sites for hydroxylation is 1. The summed E-state index contributed by atoms with van der Waals surface area (Å²) in [5.41, 5.74) is 9.66. The number of benzene rings is 1. The van der Waals surface area contributed by atoms with Crippen LogP contribution in [0.4, 0.5) is 0 Å². The van der Waals surface area contributed by atoms with Crippen molar-refractivity contribution in [1.82, 2.24) is 0 Å². The van der Waals surface area contributed by atoms with Crippen molar-refractivity contribution in [1.29, 1.82) is 0 Å². The Morgan fingerprint density at radius 1 is 1.17 bits per heavy atom. The molecule has 1 aromatic rings. The third kappa shape index (κ3) is 2.33. The van der Waals surface area contributed by atoms with Crippen LogP contribution in [0.25, 0.3) is 0 Å². The van der Waals surface area contributed by atoms with E-state index >= 15 is 0 Å². The normalized spacial score (nSPS) is 27.1. The monoisotopic (exact) mass is 245 g/mol. The van der Waals surface area contributed by atoms with E-state index in [1.807, 2.05) is 0 Å². The summed E-state index contributed by atoms with van der Waals surface area (Å²) in [6.45, 7) is 6.90. The quantitative estimate of drug-likeness (QED) is 0.839. The fourth-order valence-electron chi connectivity index (χ4n) is 3.36. The second kappa shape index (κ2) is 5.05. The highest BCUT2D eigenvalue weighted by atomic mass is 14.8. The van der Waals surface area contributed by atoms with Crippen molar-refractivity contribution in [2.45, 2.75) is 64.8 Å². The highest BCUT2D eigenvalue weighted by Crippen LogP contribution is 2.48. The molecular weight excluding hydrogens is 218 g/mol. The zero-order valence-corrected chi connectivity index (χ0v) is 12.1. The van der Waals surface area contributed by atoms with Gasteiger partial charge in [-0.15, -0.1) is 0 Å². The van der Waals surface area contributed by atoms with Gasteiger partial charge in [0.05, 0.1) is 0 Å². The van der Waals surface area contributed by atoms with Crippen molar-refractivity contribution in [2.75, 3.05) is 0 Å². The van der Waals surface area contributed by atoms with E-state index in [4.69, 9.17) is 5.73 Å². The van der Waals surface area contributed by atoms with Gasteiger partial charge in [-0.2, -0.15) is 0 Å². The molecule has 1 saturated carbocycles. The lowest BCUT2D eigenvalue weighted by Gasteiger charge is -2.48. The highest BCUT2D eigenvalue weighted by molar-refractivity contribution is 5.32. The molecule has 0 saturated heterocycles. The van der Waals surface area contributed by atoms with Crippen LogP contribution in [0.5, 0.6) is 0 Å². The van der Waals surface area contributed by atoms with Gasteiger partial charge in [0.25, 0.3) is 0 Å². The average molecular weight is 245 g/mol. The van der Waals surface area contributed by atoms with E-state index in [-0.39, 0.29) is 11.0 Å². The summed E-state index contributed by atoms with van der Waals surface area (Å²) in [6.07, 6.45) is 7.30. The Morgan fingerprint density at radius 3 is 2.56 bits per heavy atom. The molecule has 1 atom stereocenters. The molecule has 0 bridgehead atoms. The molecule has 2 rings (SSSR count). The van der Waals surface area contributed by atoms with E-state index in [2.05, 4.69) is 45.0 Å². The number of nitrogens with two attached hydrogens (primary N) is 1. The van der Waals surface area contributed by atoms with Gasteiger partial charge >= 0.3 is 0 Å². The molecule has 0 aromatic heterocycles. The Kier molecular flexibility index (Phi) is 3.82. The van der Waals surface area contributed by atoms with Crippen molar-refractivity contribution in [3.05, 3.63) is 35.4 Å². The first-order valence-corrected chi connectivity index (χ1v) is 7.38. The Bertz CT molecular complexity index is 408. The third-order valence-electron chi connectivity index (χ3n) is 4.81. The van der Waals surface area contributed by atoms with Crippen LogP contribution >= 0.6 is 0 Å². The SMILES string of the molecule is CCCc1cccc(C2(N)CCCCC2(C)C)c1. The van der Waals surface area contributed by atoms with Gasteiger partial charge in [-0.3, -0.25) is 0 Å². The van der Waals surface area contributed by atoms with Crippen LogP contribution in [0.1, 0.15) is 64.0 Å². The number of hydrogen-bond acceptors (Lipinski definition) is 1. The summed E-state index contributed by atoms with van der Waals surface area (Å²) >= 11 is 0. The maximum absolute atomic E-state index is 6.82. The van der Waals surface area contributed by atoms with Crippen LogP contribution in [0.3, 0.4) is 0 Å². The van der Waals surface area contributed by atoms with Crippen LogP contribution in [0.2, 0.25) is 0 Å².